The molecule has 0 aromatic heterocycles. The average molecular weight is 606 g/mol. The topological polar surface area (TPSA) is 81.5 Å². The Morgan fingerprint density at radius 2 is 1.92 bits per heavy atom. The second kappa shape index (κ2) is 12.0. The van der Waals surface area contributed by atoms with Gasteiger partial charge in [-0.05, 0) is 66.3 Å². The molecule has 0 bridgehead atoms. The smallest absolute Gasteiger partial charge is 0.338 e. The van der Waals surface area contributed by atoms with Gasteiger partial charge in [-0.3, -0.25) is 10.1 Å². The number of carbonyl (C=O) groups is 1. The van der Waals surface area contributed by atoms with Crippen molar-refractivity contribution in [2.75, 3.05) is 11.9 Å². The molecule has 39 heavy (non-hydrogen) atoms. The highest BCUT2D eigenvalue weighted by atomic mass is 35.5. The van der Waals surface area contributed by atoms with Gasteiger partial charge in [0.1, 0.15) is 0 Å². The molecule has 1 heterocycles. The van der Waals surface area contributed by atoms with Gasteiger partial charge in [-0.2, -0.15) is 0 Å². The van der Waals surface area contributed by atoms with Crippen LogP contribution in [-0.4, -0.2) is 28.1 Å². The van der Waals surface area contributed by atoms with E-state index in [1.165, 1.54) is 17.8 Å². The molecule has 1 saturated carbocycles. The first-order valence-corrected chi connectivity index (χ1v) is 14.9. The largest absolute Gasteiger partial charge is 0.462 e. The normalized spacial score (nSPS) is 23.4. The summed E-state index contributed by atoms with van der Waals surface area (Å²) in [4.78, 5) is 24.7. The van der Waals surface area contributed by atoms with Crippen molar-refractivity contribution in [1.82, 2.24) is 0 Å². The number of carbonyl (C=O) groups excluding carboxylic acids is 1. The molecule has 0 saturated heterocycles. The van der Waals surface area contributed by atoms with Crippen molar-refractivity contribution >= 4 is 63.9 Å². The van der Waals surface area contributed by atoms with Crippen LogP contribution in [0.3, 0.4) is 0 Å². The summed E-state index contributed by atoms with van der Waals surface area (Å²) in [5, 5.41) is 16.0. The molecule has 3 aromatic carbocycles. The number of rotatable bonds is 8. The summed E-state index contributed by atoms with van der Waals surface area (Å²) in [5.41, 5.74) is 3.27. The lowest BCUT2D eigenvalue weighted by molar-refractivity contribution is -0.387. The van der Waals surface area contributed by atoms with Gasteiger partial charge in [-0.25, -0.2) is 4.79 Å². The van der Waals surface area contributed by atoms with Crippen LogP contribution in [0.5, 0.6) is 0 Å². The highest BCUT2D eigenvalue weighted by molar-refractivity contribution is 8.00. The van der Waals surface area contributed by atoms with Crippen LogP contribution in [0.25, 0.3) is 0 Å². The number of nitro groups is 1. The van der Waals surface area contributed by atoms with Gasteiger partial charge in [-0.15, -0.1) is 23.4 Å². The van der Waals surface area contributed by atoms with Crippen molar-refractivity contribution in [2.45, 2.75) is 53.7 Å². The van der Waals surface area contributed by atoms with Gasteiger partial charge in [-0.1, -0.05) is 54.7 Å². The van der Waals surface area contributed by atoms with Gasteiger partial charge in [0.2, 0.25) is 0 Å². The van der Waals surface area contributed by atoms with E-state index in [0.717, 1.165) is 29.7 Å². The highest BCUT2D eigenvalue weighted by Gasteiger charge is 2.51. The number of benzene rings is 3. The van der Waals surface area contributed by atoms with E-state index < -0.39 is 0 Å². The highest BCUT2D eigenvalue weighted by Crippen LogP contribution is 2.58. The van der Waals surface area contributed by atoms with E-state index in [0.29, 0.717) is 33.5 Å². The second-order valence-corrected chi connectivity index (χ2v) is 12.5. The van der Waals surface area contributed by atoms with Crippen LogP contribution in [0, 0.1) is 16.0 Å². The van der Waals surface area contributed by atoms with Crippen LogP contribution in [0.4, 0.5) is 11.4 Å². The van der Waals surface area contributed by atoms with Gasteiger partial charge < -0.3 is 10.1 Å². The number of para-hydroxylation sites is 1. The molecule has 1 aliphatic carbocycles. The first-order valence-electron chi connectivity index (χ1n) is 12.8. The molecule has 1 aliphatic heterocycles. The van der Waals surface area contributed by atoms with Gasteiger partial charge in [0.15, 0.2) is 0 Å². The maximum Gasteiger partial charge on any atom is 0.338 e. The minimum Gasteiger partial charge on any atom is -0.462 e. The molecule has 3 aromatic rings. The minimum atomic E-state index is -0.364. The Balaban J connectivity index is 1.53. The van der Waals surface area contributed by atoms with Crippen LogP contribution in [0.2, 0.25) is 10.0 Å². The lowest BCUT2D eigenvalue weighted by Gasteiger charge is -2.39. The molecular formula is C29H27Cl3N2O4S. The first kappa shape index (κ1) is 28.1. The third kappa shape index (κ3) is 5.73. The summed E-state index contributed by atoms with van der Waals surface area (Å²) in [6.07, 6.45) is 2.43. The van der Waals surface area contributed by atoms with E-state index in [1.54, 1.807) is 30.3 Å². The quantitative estimate of drug-likeness (QED) is 0.0908. The number of hydrogen-bond acceptors (Lipinski definition) is 6. The fraction of sp³-hybridized carbons (Fsp3) is 0.345. The number of anilines is 1. The Morgan fingerprint density at radius 3 is 2.67 bits per heavy atom. The average Bonchev–Trinajstić information content (AvgIpc) is 3.24. The Kier molecular flexibility index (Phi) is 8.62. The molecule has 5 atom stereocenters. The lowest BCUT2D eigenvalue weighted by atomic mass is 9.77. The Morgan fingerprint density at radius 1 is 1.13 bits per heavy atom. The van der Waals surface area contributed by atoms with Crippen LogP contribution in [0.15, 0.2) is 65.6 Å². The molecule has 5 rings (SSSR count). The van der Waals surface area contributed by atoms with Crippen LogP contribution < -0.4 is 5.32 Å². The van der Waals surface area contributed by atoms with Crippen molar-refractivity contribution in [1.29, 1.82) is 0 Å². The van der Waals surface area contributed by atoms with Crippen LogP contribution in [0.1, 0.15) is 59.6 Å². The molecule has 1 N–H and O–H groups in total. The lowest BCUT2D eigenvalue weighted by Crippen LogP contribution is -2.31. The summed E-state index contributed by atoms with van der Waals surface area (Å²) >= 11 is 21.5. The molecule has 204 valence electrons. The van der Waals surface area contributed by atoms with E-state index in [-0.39, 0.29) is 45.1 Å². The zero-order valence-corrected chi connectivity index (χ0v) is 24.2. The fourth-order valence-electron chi connectivity index (χ4n) is 5.57. The molecule has 0 spiro atoms. The molecule has 0 radical (unpaired) electrons. The summed E-state index contributed by atoms with van der Waals surface area (Å²) in [5.74, 6) is -0.464. The van der Waals surface area contributed by atoms with E-state index in [2.05, 4.69) is 5.32 Å². The zero-order valence-electron chi connectivity index (χ0n) is 21.1. The number of nitrogens with zero attached hydrogens (tertiary/aromatic N) is 1. The van der Waals surface area contributed by atoms with E-state index >= 15 is 0 Å². The summed E-state index contributed by atoms with van der Waals surface area (Å²) in [6, 6.07) is 17.6. The van der Waals surface area contributed by atoms with Gasteiger partial charge >= 0.3 is 5.97 Å². The number of halogens is 3. The standard InChI is InChI=1S/C29H27Cl3N2O4S/c1-2-3-12-38-29(35)16-8-11-22-19(13-16)26-20(28(33-22)18-10-9-17(30)14-21(18)31)15-25(27(26)32)39-24-7-5-4-6-23(24)34(36)37/h4-11,13-14,20,25-28,33H,2-3,12,15H2,1H3. The summed E-state index contributed by atoms with van der Waals surface area (Å²) < 4.78 is 5.46. The number of alkyl halides is 1. The summed E-state index contributed by atoms with van der Waals surface area (Å²) in [7, 11) is 0. The number of nitro benzene ring substituents is 1. The van der Waals surface area contributed by atoms with Crippen molar-refractivity contribution in [3.63, 3.8) is 0 Å². The predicted octanol–water partition coefficient (Wildman–Crippen LogP) is 8.90. The Hall–Kier alpha value is -2.45. The van der Waals surface area contributed by atoms with E-state index in [9.17, 15) is 14.9 Å². The number of thioether (sulfide) groups is 1. The Bertz CT molecular complexity index is 1400. The predicted molar refractivity (Wildman–Crippen MR) is 158 cm³/mol. The summed E-state index contributed by atoms with van der Waals surface area (Å²) in [6.45, 7) is 2.42. The number of esters is 1. The van der Waals surface area contributed by atoms with Gasteiger partial charge in [0, 0.05) is 33.0 Å². The monoisotopic (exact) mass is 604 g/mol. The maximum absolute atomic E-state index is 12.8. The first-order chi connectivity index (χ1) is 18.8. The number of ether oxygens (including phenoxy) is 1. The second-order valence-electron chi connectivity index (χ2n) is 9.83. The van der Waals surface area contributed by atoms with Crippen molar-refractivity contribution < 1.29 is 14.5 Å². The SMILES string of the molecule is CCCCOC(=O)c1ccc2c(c1)C1C(Cl)C(Sc3ccccc3[N+](=O)[O-])CC1C(c1ccc(Cl)cc1Cl)N2. The van der Waals surface area contributed by atoms with Gasteiger partial charge in [0.05, 0.1) is 33.4 Å². The molecule has 5 unspecified atom stereocenters. The molecule has 0 amide bonds. The molecule has 10 heteroatoms. The van der Waals surface area contributed by atoms with Crippen LogP contribution >= 0.6 is 46.6 Å². The number of nitrogens with one attached hydrogen (secondary N) is 1. The number of fused-ring (bicyclic) bond motifs is 3. The molecule has 6 nitrogen and oxygen atoms in total. The molecule has 2 aliphatic rings. The Labute approximate surface area is 246 Å². The van der Waals surface area contributed by atoms with Crippen molar-refractivity contribution in [3.8, 4) is 0 Å². The van der Waals surface area contributed by atoms with Crippen molar-refractivity contribution in [2.24, 2.45) is 5.92 Å². The van der Waals surface area contributed by atoms with E-state index in [1.807, 2.05) is 31.2 Å². The molecule has 1 fully saturated rings. The fourth-order valence-corrected chi connectivity index (χ4v) is 8.04. The van der Waals surface area contributed by atoms with Crippen molar-refractivity contribution in [3.05, 3.63) is 97.5 Å². The number of unbranched alkanes of at least 4 members (excludes halogenated alkanes) is 1. The maximum atomic E-state index is 12.8. The molecular weight excluding hydrogens is 579 g/mol. The van der Waals surface area contributed by atoms with Crippen LogP contribution in [-0.2, 0) is 4.74 Å². The van der Waals surface area contributed by atoms with E-state index in [4.69, 9.17) is 39.5 Å². The third-order valence-electron chi connectivity index (χ3n) is 7.42. The zero-order chi connectivity index (χ0) is 27.7. The minimum absolute atomic E-state index is 0.0188. The third-order valence-corrected chi connectivity index (χ3v) is 10.1. The van der Waals surface area contributed by atoms with Gasteiger partial charge in [0.25, 0.3) is 5.69 Å². The number of hydrogen-bond donors (Lipinski definition) is 1.